The Bertz CT molecular complexity index is 532. The van der Waals surface area contributed by atoms with E-state index in [9.17, 15) is 4.79 Å². The summed E-state index contributed by atoms with van der Waals surface area (Å²) in [5, 5.41) is 0. The zero-order valence-corrected chi connectivity index (χ0v) is 16.1. The average Bonchev–Trinajstić information content (AvgIpc) is 2.50. The Balaban J connectivity index is 2.13. The molecule has 0 N–H and O–H groups in total. The van der Waals surface area contributed by atoms with Gasteiger partial charge in [-0.2, -0.15) is 0 Å². The van der Waals surface area contributed by atoms with Gasteiger partial charge in [0.05, 0.1) is 0 Å². The van der Waals surface area contributed by atoms with Crippen molar-refractivity contribution in [3.63, 3.8) is 0 Å². The van der Waals surface area contributed by atoms with E-state index < -0.39 is 0 Å². The van der Waals surface area contributed by atoms with Gasteiger partial charge in [-0.3, -0.25) is 9.69 Å². The normalized spacial score (nSPS) is 22.1. The fourth-order valence-electron chi connectivity index (χ4n) is 4.23. The number of likely N-dealkylation sites (tertiary alicyclic amines) is 1. The standard InChI is InChI=1S/C21H33NO2/c1-7-19(23)24-18-13-20(3,4)22(21(5,6)14-18)15-16(2)17-11-9-8-10-12-17/h8-12,16,18H,7,13-15H2,1-6H3. The molecule has 0 aliphatic carbocycles. The van der Waals surface area contributed by atoms with E-state index in [1.807, 2.05) is 6.92 Å². The van der Waals surface area contributed by atoms with Crippen LogP contribution in [0.3, 0.4) is 0 Å². The van der Waals surface area contributed by atoms with E-state index in [4.69, 9.17) is 4.74 Å². The fraction of sp³-hybridized carbons (Fsp3) is 0.667. The van der Waals surface area contributed by atoms with E-state index >= 15 is 0 Å². The highest BCUT2D eigenvalue weighted by atomic mass is 16.5. The number of carbonyl (C=O) groups is 1. The minimum absolute atomic E-state index is 0.00345. The molecule has 1 heterocycles. The largest absolute Gasteiger partial charge is 0.462 e. The lowest BCUT2D eigenvalue weighted by atomic mass is 9.77. The van der Waals surface area contributed by atoms with Crippen LogP contribution in [0, 0.1) is 0 Å². The Morgan fingerprint density at radius 2 is 1.71 bits per heavy atom. The fourth-order valence-corrected chi connectivity index (χ4v) is 4.23. The minimum atomic E-state index is -0.0855. The first kappa shape index (κ1) is 19.0. The molecule has 0 bridgehead atoms. The van der Waals surface area contributed by atoms with Crippen LogP contribution in [0.2, 0.25) is 0 Å². The number of rotatable bonds is 5. The number of esters is 1. The molecule has 1 saturated heterocycles. The van der Waals surface area contributed by atoms with Crippen LogP contribution >= 0.6 is 0 Å². The number of hydrogen-bond acceptors (Lipinski definition) is 3. The van der Waals surface area contributed by atoms with E-state index in [1.165, 1.54) is 5.56 Å². The van der Waals surface area contributed by atoms with Crippen molar-refractivity contribution in [3.05, 3.63) is 35.9 Å². The molecule has 0 aromatic heterocycles. The number of ether oxygens (including phenoxy) is 1. The van der Waals surface area contributed by atoms with Crippen molar-refractivity contribution in [2.45, 2.75) is 83.9 Å². The lowest BCUT2D eigenvalue weighted by molar-refractivity contribution is -0.160. The van der Waals surface area contributed by atoms with Gasteiger partial charge in [0, 0.05) is 36.9 Å². The predicted molar refractivity (Wildman–Crippen MR) is 99.1 cm³/mol. The Hall–Kier alpha value is -1.35. The summed E-state index contributed by atoms with van der Waals surface area (Å²) in [4.78, 5) is 14.3. The number of hydrogen-bond donors (Lipinski definition) is 0. The van der Waals surface area contributed by atoms with Gasteiger partial charge >= 0.3 is 5.97 Å². The summed E-state index contributed by atoms with van der Waals surface area (Å²) in [6.45, 7) is 14.3. The van der Waals surface area contributed by atoms with Crippen LogP contribution in [-0.4, -0.2) is 34.6 Å². The van der Waals surface area contributed by atoms with Crippen molar-refractivity contribution >= 4 is 5.97 Å². The Kier molecular flexibility index (Phi) is 5.74. The topological polar surface area (TPSA) is 29.5 Å². The molecular weight excluding hydrogens is 298 g/mol. The molecule has 1 atom stereocenters. The van der Waals surface area contributed by atoms with Gasteiger partial charge in [0.25, 0.3) is 0 Å². The van der Waals surface area contributed by atoms with Crippen LogP contribution in [0.4, 0.5) is 0 Å². The summed E-state index contributed by atoms with van der Waals surface area (Å²) < 4.78 is 5.68. The zero-order chi connectivity index (χ0) is 18.0. The molecule has 3 heteroatoms. The first-order valence-electron chi connectivity index (χ1n) is 9.18. The molecule has 2 rings (SSSR count). The summed E-state index contributed by atoms with van der Waals surface area (Å²) in [5.41, 5.74) is 1.39. The molecule has 1 fully saturated rings. The summed E-state index contributed by atoms with van der Waals surface area (Å²) >= 11 is 0. The number of nitrogens with zero attached hydrogens (tertiary/aromatic N) is 1. The molecule has 1 aliphatic heterocycles. The third-order valence-corrected chi connectivity index (χ3v) is 5.33. The van der Waals surface area contributed by atoms with Gasteiger partial charge < -0.3 is 4.74 Å². The molecule has 0 radical (unpaired) electrons. The summed E-state index contributed by atoms with van der Waals surface area (Å²) in [6, 6.07) is 10.7. The highest BCUT2D eigenvalue weighted by molar-refractivity contribution is 5.69. The van der Waals surface area contributed by atoms with E-state index in [-0.39, 0.29) is 23.2 Å². The van der Waals surface area contributed by atoms with Crippen molar-refractivity contribution in [2.75, 3.05) is 6.54 Å². The highest BCUT2D eigenvalue weighted by Gasteiger charge is 2.46. The first-order valence-corrected chi connectivity index (χ1v) is 9.18. The zero-order valence-electron chi connectivity index (χ0n) is 16.1. The van der Waals surface area contributed by atoms with Crippen molar-refractivity contribution < 1.29 is 9.53 Å². The Morgan fingerprint density at radius 3 is 2.21 bits per heavy atom. The van der Waals surface area contributed by atoms with Gasteiger partial charge in [0.1, 0.15) is 6.10 Å². The summed E-state index contributed by atoms with van der Waals surface area (Å²) in [5.74, 6) is 0.386. The van der Waals surface area contributed by atoms with Crippen molar-refractivity contribution in [1.82, 2.24) is 4.90 Å². The second kappa shape index (κ2) is 7.26. The van der Waals surface area contributed by atoms with Crippen LogP contribution in [0.1, 0.15) is 72.3 Å². The number of carbonyl (C=O) groups excluding carboxylic acids is 1. The van der Waals surface area contributed by atoms with Gasteiger partial charge in [-0.1, -0.05) is 44.2 Å². The second-order valence-corrected chi connectivity index (χ2v) is 8.42. The van der Waals surface area contributed by atoms with Gasteiger partial charge in [-0.25, -0.2) is 0 Å². The van der Waals surface area contributed by atoms with Crippen molar-refractivity contribution in [3.8, 4) is 0 Å². The first-order chi connectivity index (χ1) is 11.2. The molecule has 1 aromatic carbocycles. The van der Waals surface area contributed by atoms with Crippen LogP contribution in [0.25, 0.3) is 0 Å². The van der Waals surface area contributed by atoms with Crippen LogP contribution in [0.15, 0.2) is 30.3 Å². The number of benzene rings is 1. The van der Waals surface area contributed by atoms with Gasteiger partial charge in [-0.05, 0) is 39.2 Å². The minimum Gasteiger partial charge on any atom is -0.462 e. The predicted octanol–water partition coefficient (Wildman–Crippen LogP) is 4.76. The molecule has 0 spiro atoms. The third kappa shape index (κ3) is 4.38. The van der Waals surface area contributed by atoms with Gasteiger partial charge in [0.15, 0.2) is 0 Å². The Labute approximate surface area is 147 Å². The van der Waals surface area contributed by atoms with Crippen LogP contribution < -0.4 is 0 Å². The SMILES string of the molecule is CCC(=O)OC1CC(C)(C)N(CC(C)c2ccccc2)C(C)(C)C1. The molecule has 0 saturated carbocycles. The van der Waals surface area contributed by atoms with Crippen LogP contribution in [0.5, 0.6) is 0 Å². The second-order valence-electron chi connectivity index (χ2n) is 8.42. The average molecular weight is 332 g/mol. The van der Waals surface area contributed by atoms with Gasteiger partial charge in [-0.15, -0.1) is 0 Å². The maximum atomic E-state index is 11.7. The number of piperidine rings is 1. The Morgan fingerprint density at radius 1 is 1.17 bits per heavy atom. The summed E-state index contributed by atoms with van der Waals surface area (Å²) in [7, 11) is 0. The molecule has 3 nitrogen and oxygen atoms in total. The van der Waals surface area contributed by atoms with Crippen molar-refractivity contribution in [1.29, 1.82) is 0 Å². The van der Waals surface area contributed by atoms with E-state index in [1.54, 1.807) is 0 Å². The summed E-state index contributed by atoms with van der Waals surface area (Å²) in [6.07, 6.45) is 2.25. The van der Waals surface area contributed by atoms with E-state index in [2.05, 4.69) is 69.9 Å². The highest BCUT2D eigenvalue weighted by Crippen LogP contribution is 2.41. The molecule has 24 heavy (non-hydrogen) atoms. The smallest absolute Gasteiger partial charge is 0.305 e. The van der Waals surface area contributed by atoms with Gasteiger partial charge in [0.2, 0.25) is 0 Å². The lowest BCUT2D eigenvalue weighted by Crippen LogP contribution is -2.63. The maximum Gasteiger partial charge on any atom is 0.305 e. The molecule has 0 amide bonds. The quantitative estimate of drug-likeness (QED) is 0.728. The van der Waals surface area contributed by atoms with E-state index in [0.29, 0.717) is 12.3 Å². The lowest BCUT2D eigenvalue weighted by Gasteiger charge is -2.55. The van der Waals surface area contributed by atoms with Crippen LogP contribution in [-0.2, 0) is 9.53 Å². The molecular formula is C21H33NO2. The molecule has 134 valence electrons. The van der Waals surface area contributed by atoms with E-state index in [0.717, 1.165) is 19.4 Å². The third-order valence-electron chi connectivity index (χ3n) is 5.33. The monoisotopic (exact) mass is 331 g/mol. The molecule has 1 aliphatic rings. The molecule has 1 unspecified atom stereocenters. The molecule has 1 aromatic rings. The van der Waals surface area contributed by atoms with Crippen molar-refractivity contribution in [2.24, 2.45) is 0 Å². The maximum absolute atomic E-state index is 11.7.